The van der Waals surface area contributed by atoms with Crippen LogP contribution in [0.25, 0.3) is 10.9 Å². The van der Waals surface area contributed by atoms with Gasteiger partial charge in [-0.2, -0.15) is 0 Å². The molecule has 168 valence electrons. The summed E-state index contributed by atoms with van der Waals surface area (Å²) in [5, 5.41) is 3.43. The number of H-pyrrole nitrogens is 1. The van der Waals surface area contributed by atoms with Gasteiger partial charge in [0.2, 0.25) is 11.8 Å². The molecule has 4 rings (SSSR count). The lowest BCUT2D eigenvalue weighted by Gasteiger charge is -2.35. The minimum atomic E-state index is -0.950. The van der Waals surface area contributed by atoms with Crippen molar-refractivity contribution in [1.82, 2.24) is 20.1 Å². The highest BCUT2D eigenvalue weighted by Gasteiger charge is 2.33. The van der Waals surface area contributed by atoms with Crippen molar-refractivity contribution in [2.75, 3.05) is 20.1 Å². The maximum absolute atomic E-state index is 14.1. The van der Waals surface area contributed by atoms with Crippen molar-refractivity contribution in [3.8, 4) is 0 Å². The van der Waals surface area contributed by atoms with Crippen LogP contribution in [0, 0.1) is 17.5 Å². The number of aromatic nitrogens is 1. The number of nitrogens with zero attached hydrogens (tertiary/aromatic N) is 2. The van der Waals surface area contributed by atoms with Gasteiger partial charge in [0, 0.05) is 48.8 Å². The summed E-state index contributed by atoms with van der Waals surface area (Å²) in [5.41, 5.74) is 1.63. The van der Waals surface area contributed by atoms with Crippen LogP contribution in [0.3, 0.4) is 0 Å². The molecule has 1 aromatic heterocycles. The predicted molar refractivity (Wildman–Crippen MR) is 113 cm³/mol. The third kappa shape index (κ3) is 4.62. The first kappa shape index (κ1) is 21.9. The van der Waals surface area contributed by atoms with Gasteiger partial charge in [-0.3, -0.25) is 14.5 Å². The summed E-state index contributed by atoms with van der Waals surface area (Å²) in [4.78, 5) is 31.7. The number of amides is 2. The van der Waals surface area contributed by atoms with Crippen LogP contribution in [0.2, 0.25) is 0 Å². The molecule has 3 aromatic rings. The average molecular weight is 444 g/mol. The summed E-state index contributed by atoms with van der Waals surface area (Å²) in [6.07, 6.45) is -0.103. The van der Waals surface area contributed by atoms with Crippen molar-refractivity contribution in [3.05, 3.63) is 71.2 Å². The number of piperazine rings is 1. The lowest BCUT2D eigenvalue weighted by Crippen LogP contribution is -2.56. The number of carbonyl (C=O) groups is 2. The summed E-state index contributed by atoms with van der Waals surface area (Å²) in [6, 6.07) is 9.30. The SMILES string of the molecule is CN(Cc1cc2cc(F)ccc2[nH]1)C(=O)C[C@H]1C(=O)NCCN1Cc1cccc(F)c1F. The van der Waals surface area contributed by atoms with E-state index in [0.717, 1.165) is 17.3 Å². The summed E-state index contributed by atoms with van der Waals surface area (Å²) >= 11 is 0. The number of halogens is 3. The molecule has 0 radical (unpaired) electrons. The molecular formula is C23H23F3N4O2. The molecule has 32 heavy (non-hydrogen) atoms. The zero-order valence-electron chi connectivity index (χ0n) is 17.5. The van der Waals surface area contributed by atoms with Crippen molar-refractivity contribution in [2.24, 2.45) is 0 Å². The topological polar surface area (TPSA) is 68.4 Å². The highest BCUT2D eigenvalue weighted by atomic mass is 19.2. The van der Waals surface area contributed by atoms with Crippen LogP contribution < -0.4 is 5.32 Å². The molecule has 9 heteroatoms. The van der Waals surface area contributed by atoms with Crippen molar-refractivity contribution in [1.29, 1.82) is 0 Å². The molecular weight excluding hydrogens is 421 g/mol. The maximum Gasteiger partial charge on any atom is 0.237 e. The van der Waals surface area contributed by atoms with Gasteiger partial charge in [-0.1, -0.05) is 12.1 Å². The van der Waals surface area contributed by atoms with E-state index in [9.17, 15) is 22.8 Å². The fourth-order valence-corrected chi connectivity index (χ4v) is 3.98. The van der Waals surface area contributed by atoms with Gasteiger partial charge in [-0.05, 0) is 30.3 Å². The molecule has 0 aliphatic carbocycles. The summed E-state index contributed by atoms with van der Waals surface area (Å²) in [7, 11) is 1.62. The third-order valence-electron chi connectivity index (χ3n) is 5.69. The Morgan fingerprint density at radius 1 is 1.19 bits per heavy atom. The third-order valence-corrected chi connectivity index (χ3v) is 5.69. The molecule has 0 bridgehead atoms. The zero-order valence-corrected chi connectivity index (χ0v) is 17.5. The van der Waals surface area contributed by atoms with E-state index in [-0.39, 0.29) is 42.7 Å². The summed E-state index contributed by atoms with van der Waals surface area (Å²) in [6.45, 7) is 1.05. The van der Waals surface area contributed by atoms with Crippen molar-refractivity contribution < 1.29 is 22.8 Å². The van der Waals surface area contributed by atoms with Crippen LogP contribution >= 0.6 is 0 Å². The molecule has 0 saturated carbocycles. The Balaban J connectivity index is 1.45. The standard InChI is InChI=1S/C23H23F3N4O2/c1-29(13-17-10-15-9-16(24)5-6-19(15)28-17)21(31)11-20-23(32)27-7-8-30(20)12-14-3-2-4-18(25)22(14)26/h2-6,9-10,20,28H,7-8,11-13H2,1H3,(H,27,32)/t20-/m0/s1. The molecule has 1 aliphatic rings. The molecule has 0 spiro atoms. The Morgan fingerprint density at radius 3 is 2.81 bits per heavy atom. The average Bonchev–Trinajstić information content (AvgIpc) is 3.14. The van der Waals surface area contributed by atoms with Crippen LogP contribution in [-0.2, 0) is 22.7 Å². The van der Waals surface area contributed by atoms with Crippen LogP contribution in [0.5, 0.6) is 0 Å². The summed E-state index contributed by atoms with van der Waals surface area (Å²) in [5.74, 6) is -2.84. The molecule has 1 aliphatic heterocycles. The molecule has 2 amide bonds. The van der Waals surface area contributed by atoms with E-state index in [2.05, 4.69) is 10.3 Å². The monoisotopic (exact) mass is 444 g/mol. The lowest BCUT2D eigenvalue weighted by atomic mass is 10.1. The number of hydrogen-bond donors (Lipinski definition) is 2. The Kier molecular flexibility index (Phi) is 6.18. The zero-order chi connectivity index (χ0) is 22.8. The number of carbonyl (C=O) groups excluding carboxylic acids is 2. The van der Waals surface area contributed by atoms with Gasteiger partial charge in [-0.15, -0.1) is 0 Å². The first-order valence-corrected chi connectivity index (χ1v) is 10.3. The minimum Gasteiger partial charge on any atom is -0.357 e. The highest BCUT2D eigenvalue weighted by molar-refractivity contribution is 5.89. The first-order valence-electron chi connectivity index (χ1n) is 10.3. The van der Waals surface area contributed by atoms with E-state index in [1.54, 1.807) is 24.1 Å². The van der Waals surface area contributed by atoms with E-state index in [4.69, 9.17) is 0 Å². The van der Waals surface area contributed by atoms with Crippen LogP contribution in [-0.4, -0.2) is 52.8 Å². The van der Waals surface area contributed by atoms with Crippen molar-refractivity contribution >= 4 is 22.7 Å². The van der Waals surface area contributed by atoms with Crippen LogP contribution in [0.4, 0.5) is 13.2 Å². The largest absolute Gasteiger partial charge is 0.357 e. The number of fused-ring (bicyclic) bond motifs is 1. The predicted octanol–water partition coefficient (Wildman–Crippen LogP) is 2.93. The maximum atomic E-state index is 14.1. The van der Waals surface area contributed by atoms with Gasteiger partial charge in [0.25, 0.3) is 0 Å². The smallest absolute Gasteiger partial charge is 0.237 e. The van der Waals surface area contributed by atoms with Gasteiger partial charge < -0.3 is 15.2 Å². The molecule has 2 N–H and O–H groups in total. The second-order valence-electron chi connectivity index (χ2n) is 7.97. The molecule has 6 nitrogen and oxygen atoms in total. The number of rotatable bonds is 6. The lowest BCUT2D eigenvalue weighted by molar-refractivity contribution is -0.138. The van der Waals surface area contributed by atoms with E-state index < -0.39 is 17.7 Å². The molecule has 2 aromatic carbocycles. The Labute approximate surface area is 183 Å². The molecule has 1 atom stereocenters. The molecule has 1 fully saturated rings. The van der Waals surface area contributed by atoms with Crippen molar-refractivity contribution in [2.45, 2.75) is 25.6 Å². The number of hydrogen-bond acceptors (Lipinski definition) is 3. The molecule has 1 saturated heterocycles. The normalized spacial score (nSPS) is 16.9. The van der Waals surface area contributed by atoms with E-state index >= 15 is 0 Å². The number of benzene rings is 2. The fourth-order valence-electron chi connectivity index (χ4n) is 3.98. The highest BCUT2D eigenvalue weighted by Crippen LogP contribution is 2.20. The van der Waals surface area contributed by atoms with E-state index in [1.807, 2.05) is 0 Å². The Morgan fingerprint density at radius 2 is 2.00 bits per heavy atom. The van der Waals surface area contributed by atoms with E-state index in [0.29, 0.717) is 18.5 Å². The fraction of sp³-hybridized carbons (Fsp3) is 0.304. The first-order chi connectivity index (χ1) is 15.3. The Hall–Kier alpha value is -3.33. The van der Waals surface area contributed by atoms with Gasteiger partial charge in [-0.25, -0.2) is 13.2 Å². The van der Waals surface area contributed by atoms with Crippen LogP contribution in [0.15, 0.2) is 42.5 Å². The van der Waals surface area contributed by atoms with Gasteiger partial charge >= 0.3 is 0 Å². The minimum absolute atomic E-state index is 0.0201. The van der Waals surface area contributed by atoms with Gasteiger partial charge in [0.1, 0.15) is 5.82 Å². The number of aromatic amines is 1. The van der Waals surface area contributed by atoms with Crippen LogP contribution in [0.1, 0.15) is 17.7 Å². The number of nitrogens with one attached hydrogen (secondary N) is 2. The second kappa shape index (κ2) is 9.04. The molecule has 0 unspecified atom stereocenters. The van der Waals surface area contributed by atoms with Gasteiger partial charge in [0.15, 0.2) is 11.6 Å². The van der Waals surface area contributed by atoms with Crippen molar-refractivity contribution in [3.63, 3.8) is 0 Å². The summed E-state index contributed by atoms with van der Waals surface area (Å²) < 4.78 is 41.1. The second-order valence-corrected chi connectivity index (χ2v) is 7.97. The van der Waals surface area contributed by atoms with Gasteiger partial charge in [0.05, 0.1) is 19.0 Å². The quantitative estimate of drug-likeness (QED) is 0.615. The molecule has 2 heterocycles. The van der Waals surface area contributed by atoms with E-state index in [1.165, 1.54) is 29.2 Å². The Bertz CT molecular complexity index is 1160.